The molecule has 0 spiro atoms. The van der Waals surface area contributed by atoms with Crippen LogP contribution in [0.3, 0.4) is 0 Å². The first-order valence-corrected chi connectivity index (χ1v) is 11.8. The van der Waals surface area contributed by atoms with E-state index in [2.05, 4.69) is 20.8 Å². The first kappa shape index (κ1) is 21.6. The summed E-state index contributed by atoms with van der Waals surface area (Å²) in [5.74, 6) is 0.997. The average molecular weight is 408 g/mol. The summed E-state index contributed by atoms with van der Waals surface area (Å²) in [4.78, 5) is 11.1. The van der Waals surface area contributed by atoms with E-state index in [1.807, 2.05) is 0 Å². The Labute approximate surface area is 174 Å². The maximum atomic E-state index is 11.5. The zero-order valence-electron chi connectivity index (χ0n) is 18.3. The Bertz CT molecular complexity index is 637. The Hall–Kier alpha value is -0.650. The fourth-order valence-corrected chi connectivity index (χ4v) is 8.68. The van der Waals surface area contributed by atoms with E-state index in [0.29, 0.717) is 30.1 Å². The summed E-state index contributed by atoms with van der Waals surface area (Å²) in [6.07, 6.45) is 6.00. The highest BCUT2D eigenvalue weighted by atomic mass is 16.3. The van der Waals surface area contributed by atoms with Crippen LogP contribution in [-0.2, 0) is 4.79 Å². The van der Waals surface area contributed by atoms with E-state index >= 15 is 0 Å². The zero-order chi connectivity index (χ0) is 21.1. The summed E-state index contributed by atoms with van der Waals surface area (Å²) < 4.78 is 0. The van der Waals surface area contributed by atoms with Crippen molar-refractivity contribution in [2.24, 2.45) is 46.3 Å². The minimum absolute atomic E-state index is 0.0957. The third-order valence-corrected chi connectivity index (χ3v) is 10.3. The number of hydrogen-bond acceptors (Lipinski definition) is 4. The van der Waals surface area contributed by atoms with Gasteiger partial charge in [-0.2, -0.15) is 0 Å². The third kappa shape index (κ3) is 3.27. The van der Waals surface area contributed by atoms with Crippen LogP contribution in [0.15, 0.2) is 0 Å². The monoisotopic (exact) mass is 407 g/mol. The van der Waals surface area contributed by atoms with Crippen LogP contribution in [0.25, 0.3) is 0 Å². The Morgan fingerprint density at radius 3 is 2.45 bits per heavy atom. The van der Waals surface area contributed by atoms with Crippen molar-refractivity contribution in [1.82, 2.24) is 0 Å². The molecule has 0 aromatic rings. The topological polar surface area (TPSA) is 98.0 Å². The molecule has 4 fully saturated rings. The molecule has 4 saturated carbocycles. The first-order valence-electron chi connectivity index (χ1n) is 11.8. The number of carboxylic acids is 1. The number of carboxylic acid groups (broad SMARTS) is 1. The second kappa shape index (κ2) is 7.49. The second-order valence-corrected chi connectivity index (χ2v) is 11.4. The molecular formula is C24H40O5. The van der Waals surface area contributed by atoms with Crippen molar-refractivity contribution in [2.75, 3.05) is 0 Å². The zero-order valence-corrected chi connectivity index (χ0v) is 18.3. The van der Waals surface area contributed by atoms with Gasteiger partial charge < -0.3 is 20.4 Å². The van der Waals surface area contributed by atoms with Gasteiger partial charge in [0.2, 0.25) is 0 Å². The minimum atomic E-state index is -0.748. The van der Waals surface area contributed by atoms with Crippen molar-refractivity contribution >= 4 is 5.97 Å². The molecule has 5 unspecified atom stereocenters. The molecule has 4 aliphatic carbocycles. The number of aliphatic carboxylic acids is 1. The van der Waals surface area contributed by atoms with Crippen LogP contribution in [0.2, 0.25) is 0 Å². The van der Waals surface area contributed by atoms with Crippen LogP contribution in [0.5, 0.6) is 0 Å². The fourth-order valence-electron chi connectivity index (χ4n) is 8.68. The lowest BCUT2D eigenvalue weighted by Crippen LogP contribution is -2.62. The van der Waals surface area contributed by atoms with Crippen molar-refractivity contribution in [3.63, 3.8) is 0 Å². The molecule has 0 amide bonds. The largest absolute Gasteiger partial charge is 0.481 e. The Morgan fingerprint density at radius 2 is 1.76 bits per heavy atom. The summed E-state index contributed by atoms with van der Waals surface area (Å²) >= 11 is 0. The van der Waals surface area contributed by atoms with Crippen molar-refractivity contribution in [1.29, 1.82) is 0 Å². The molecule has 0 aliphatic heterocycles. The van der Waals surface area contributed by atoms with Crippen LogP contribution >= 0.6 is 0 Å². The first-order chi connectivity index (χ1) is 13.6. The maximum Gasteiger partial charge on any atom is 0.303 e. The molecule has 29 heavy (non-hydrogen) atoms. The van der Waals surface area contributed by atoms with Gasteiger partial charge in [0.15, 0.2) is 0 Å². The normalized spacial score (nSPS) is 52.9. The molecule has 0 radical (unpaired) electrons. The summed E-state index contributed by atoms with van der Waals surface area (Å²) in [5.41, 5.74) is -0.143. The maximum absolute atomic E-state index is 11.5. The lowest BCUT2D eigenvalue weighted by molar-refractivity contribution is -0.207. The van der Waals surface area contributed by atoms with Crippen molar-refractivity contribution in [3.8, 4) is 0 Å². The smallest absolute Gasteiger partial charge is 0.303 e. The van der Waals surface area contributed by atoms with Gasteiger partial charge in [-0.05, 0) is 97.7 Å². The van der Waals surface area contributed by atoms with Gasteiger partial charge >= 0.3 is 5.97 Å². The van der Waals surface area contributed by atoms with E-state index in [4.69, 9.17) is 5.11 Å². The van der Waals surface area contributed by atoms with E-state index in [-0.39, 0.29) is 41.3 Å². The van der Waals surface area contributed by atoms with Gasteiger partial charge in [0.05, 0.1) is 18.3 Å². The van der Waals surface area contributed by atoms with E-state index < -0.39 is 12.1 Å². The minimum Gasteiger partial charge on any atom is -0.481 e. The number of hydrogen-bond donors (Lipinski definition) is 4. The summed E-state index contributed by atoms with van der Waals surface area (Å²) in [5, 5.41) is 42.0. The molecule has 4 rings (SSSR count). The quantitative estimate of drug-likeness (QED) is 0.572. The van der Waals surface area contributed by atoms with Crippen LogP contribution in [-0.4, -0.2) is 44.7 Å². The van der Waals surface area contributed by atoms with Gasteiger partial charge in [0.25, 0.3) is 0 Å². The molecule has 166 valence electrons. The number of aliphatic hydroxyl groups excluding tert-OH is 3. The molecule has 5 nitrogen and oxygen atoms in total. The number of fused-ring (bicyclic) bond motifs is 5. The Morgan fingerprint density at radius 1 is 1.03 bits per heavy atom. The highest BCUT2D eigenvalue weighted by Gasteiger charge is 2.65. The van der Waals surface area contributed by atoms with E-state index in [0.717, 1.165) is 44.9 Å². The Kier molecular flexibility index (Phi) is 5.57. The fraction of sp³-hybridized carbons (Fsp3) is 0.958. The predicted octanol–water partition coefficient (Wildman–Crippen LogP) is 3.45. The summed E-state index contributed by atoms with van der Waals surface area (Å²) in [7, 11) is 0. The van der Waals surface area contributed by atoms with E-state index in [1.54, 1.807) is 0 Å². The molecule has 0 heterocycles. The van der Waals surface area contributed by atoms with Crippen LogP contribution in [0.1, 0.15) is 78.6 Å². The van der Waals surface area contributed by atoms with Crippen molar-refractivity contribution in [2.45, 2.75) is 96.9 Å². The van der Waals surface area contributed by atoms with Crippen LogP contribution in [0.4, 0.5) is 0 Å². The Balaban J connectivity index is 1.61. The summed E-state index contributed by atoms with van der Waals surface area (Å²) in [6, 6.07) is 0. The van der Waals surface area contributed by atoms with Gasteiger partial charge in [-0.3, -0.25) is 4.79 Å². The lowest BCUT2D eigenvalue weighted by Gasteiger charge is -2.63. The van der Waals surface area contributed by atoms with E-state index in [1.165, 1.54) is 0 Å². The highest BCUT2D eigenvalue weighted by Crippen LogP contribution is 2.68. The lowest BCUT2D eigenvalue weighted by atomic mass is 9.43. The van der Waals surface area contributed by atoms with Gasteiger partial charge in [0, 0.05) is 6.42 Å². The number of rotatable bonds is 4. The molecule has 0 aromatic carbocycles. The van der Waals surface area contributed by atoms with Gasteiger partial charge in [-0.15, -0.1) is 0 Å². The highest BCUT2D eigenvalue weighted by molar-refractivity contribution is 5.66. The second-order valence-electron chi connectivity index (χ2n) is 11.4. The molecule has 11 atom stereocenters. The summed E-state index contributed by atoms with van der Waals surface area (Å²) in [6.45, 7) is 6.72. The molecule has 4 aliphatic rings. The third-order valence-electron chi connectivity index (χ3n) is 10.3. The SMILES string of the molecule is C[C@H](CC[11C](=O)O)[C@H]1CCC2C3C(O)CC4C[C@H](O)CC[C@]4(C)C3C[C@H](O)[C@@]21C. The van der Waals surface area contributed by atoms with Crippen molar-refractivity contribution < 1.29 is 25.2 Å². The molecule has 4 N–H and O–H groups in total. The average Bonchev–Trinajstić information content (AvgIpc) is 3.01. The van der Waals surface area contributed by atoms with E-state index in [9.17, 15) is 20.1 Å². The van der Waals surface area contributed by atoms with Crippen molar-refractivity contribution in [3.05, 3.63) is 0 Å². The molecular weight excluding hydrogens is 367 g/mol. The number of carbonyl (C=O) groups is 1. The molecule has 0 bridgehead atoms. The van der Waals surface area contributed by atoms with Gasteiger partial charge in [-0.25, -0.2) is 0 Å². The van der Waals surface area contributed by atoms with Crippen LogP contribution < -0.4 is 0 Å². The molecule has 0 aromatic heterocycles. The predicted molar refractivity (Wildman–Crippen MR) is 110 cm³/mol. The van der Waals surface area contributed by atoms with Gasteiger partial charge in [0.1, 0.15) is 0 Å². The van der Waals surface area contributed by atoms with Crippen LogP contribution in [0, 0.1) is 46.3 Å². The molecule has 0 saturated heterocycles. The number of aliphatic hydroxyl groups is 3. The van der Waals surface area contributed by atoms with Gasteiger partial charge in [-0.1, -0.05) is 20.8 Å². The standard InChI is InChI=1S/C24H40O5/c1-13(4-7-21(28)29)16-5-6-17-22-18(12-20(27)24(16,17)3)23(2)9-8-15(25)10-14(23)11-19(22)26/h13-20,22,25-27H,4-12H2,1-3H3,(H,28,29)/t13-,14?,15-,16-,17?,18?,19?,20+,22?,23+,24-/m1/s1/i21-1. The molecule has 5 heteroatoms.